The largest absolute Gasteiger partial charge is 0.453 e. The Labute approximate surface area is 124 Å². The van der Waals surface area contributed by atoms with Crippen molar-refractivity contribution in [2.24, 2.45) is 0 Å². The second kappa shape index (κ2) is 5.74. The highest BCUT2D eigenvalue weighted by atomic mass is 16.5. The number of nitrogens with zero attached hydrogens (tertiary/aromatic N) is 1. The van der Waals surface area contributed by atoms with E-state index in [9.17, 15) is 4.79 Å². The molecular formula is C17H19NO3. The molecule has 0 radical (unpaired) electrons. The molecule has 2 heterocycles. The average molecular weight is 285 g/mol. The van der Waals surface area contributed by atoms with E-state index in [0.717, 1.165) is 25.1 Å². The van der Waals surface area contributed by atoms with Crippen molar-refractivity contribution in [2.45, 2.75) is 26.4 Å². The fourth-order valence-corrected chi connectivity index (χ4v) is 2.78. The molecule has 0 N–H and O–H groups in total. The molecule has 3 rings (SSSR count). The number of furan rings is 1. The molecule has 2 aromatic rings. The number of anilines is 1. The number of hydrogen-bond donors (Lipinski definition) is 0. The number of benzene rings is 1. The minimum Gasteiger partial charge on any atom is -0.453 e. The van der Waals surface area contributed by atoms with Crippen LogP contribution in [0.15, 0.2) is 34.7 Å². The molecule has 0 bridgehead atoms. The quantitative estimate of drug-likeness (QED) is 0.868. The second-order valence-electron chi connectivity index (χ2n) is 5.39. The highest BCUT2D eigenvalue weighted by Gasteiger charge is 2.25. The summed E-state index contributed by atoms with van der Waals surface area (Å²) in [7, 11) is 1.60. The van der Waals surface area contributed by atoms with Crippen LogP contribution in [0, 0.1) is 6.92 Å². The third-order valence-corrected chi connectivity index (χ3v) is 3.76. The van der Waals surface area contributed by atoms with Gasteiger partial charge in [0.05, 0.1) is 0 Å². The van der Waals surface area contributed by atoms with Gasteiger partial charge in [-0.2, -0.15) is 0 Å². The Balaban J connectivity index is 1.88. The summed E-state index contributed by atoms with van der Waals surface area (Å²) in [6.45, 7) is 3.18. The molecule has 0 saturated carbocycles. The maximum atomic E-state index is 12.7. The Morgan fingerprint density at radius 3 is 3.00 bits per heavy atom. The van der Waals surface area contributed by atoms with Gasteiger partial charge in [0.1, 0.15) is 12.4 Å². The van der Waals surface area contributed by atoms with Crippen molar-refractivity contribution in [1.29, 1.82) is 0 Å². The Kier molecular flexibility index (Phi) is 3.80. The summed E-state index contributed by atoms with van der Waals surface area (Å²) < 4.78 is 10.6. The third-order valence-electron chi connectivity index (χ3n) is 3.76. The maximum absolute atomic E-state index is 12.7. The predicted octanol–water partition coefficient (Wildman–Crippen LogP) is 3.33. The van der Waals surface area contributed by atoms with Gasteiger partial charge in [-0.1, -0.05) is 17.7 Å². The van der Waals surface area contributed by atoms with Gasteiger partial charge < -0.3 is 14.1 Å². The molecule has 1 aliphatic rings. The lowest BCUT2D eigenvalue weighted by molar-refractivity contribution is 0.0949. The summed E-state index contributed by atoms with van der Waals surface area (Å²) in [5.74, 6) is 0.958. The van der Waals surface area contributed by atoms with Gasteiger partial charge in [-0.3, -0.25) is 4.79 Å². The zero-order valence-corrected chi connectivity index (χ0v) is 12.4. The van der Waals surface area contributed by atoms with Crippen LogP contribution in [0.2, 0.25) is 0 Å². The molecule has 1 aromatic carbocycles. The second-order valence-corrected chi connectivity index (χ2v) is 5.39. The molecule has 1 aliphatic heterocycles. The minimum absolute atomic E-state index is 0.0813. The lowest BCUT2D eigenvalue weighted by Gasteiger charge is -2.29. The van der Waals surface area contributed by atoms with Gasteiger partial charge in [-0.25, -0.2) is 0 Å². The Bertz CT molecular complexity index is 660. The lowest BCUT2D eigenvalue weighted by atomic mass is 9.99. The van der Waals surface area contributed by atoms with Gasteiger partial charge in [0.15, 0.2) is 5.76 Å². The SMILES string of the molecule is COCc1ccc(C(=O)N2CCCc3cc(C)ccc32)o1. The van der Waals surface area contributed by atoms with E-state index < -0.39 is 0 Å². The summed E-state index contributed by atoms with van der Waals surface area (Å²) in [6, 6.07) is 9.74. The predicted molar refractivity (Wildman–Crippen MR) is 80.6 cm³/mol. The lowest BCUT2D eigenvalue weighted by Crippen LogP contribution is -2.35. The topological polar surface area (TPSA) is 42.7 Å². The molecule has 1 aromatic heterocycles. The molecule has 0 atom stereocenters. The summed E-state index contributed by atoms with van der Waals surface area (Å²) in [5, 5.41) is 0. The number of fused-ring (bicyclic) bond motifs is 1. The van der Waals surface area contributed by atoms with Crippen LogP contribution in [0.5, 0.6) is 0 Å². The van der Waals surface area contributed by atoms with E-state index in [-0.39, 0.29) is 5.91 Å². The van der Waals surface area contributed by atoms with Gasteiger partial charge in [-0.05, 0) is 43.5 Å². The van der Waals surface area contributed by atoms with E-state index in [0.29, 0.717) is 18.1 Å². The van der Waals surface area contributed by atoms with E-state index >= 15 is 0 Å². The average Bonchev–Trinajstić information content (AvgIpc) is 2.94. The Morgan fingerprint density at radius 2 is 2.19 bits per heavy atom. The fourth-order valence-electron chi connectivity index (χ4n) is 2.78. The van der Waals surface area contributed by atoms with E-state index in [4.69, 9.17) is 9.15 Å². The maximum Gasteiger partial charge on any atom is 0.293 e. The van der Waals surface area contributed by atoms with Crippen LogP contribution < -0.4 is 4.90 Å². The summed E-state index contributed by atoms with van der Waals surface area (Å²) in [6.07, 6.45) is 2.00. The highest BCUT2D eigenvalue weighted by molar-refractivity contribution is 6.05. The van der Waals surface area contributed by atoms with Crippen LogP contribution in [0.25, 0.3) is 0 Å². The van der Waals surface area contributed by atoms with E-state index in [2.05, 4.69) is 13.0 Å². The fraction of sp³-hybridized carbons (Fsp3) is 0.353. The molecule has 0 fully saturated rings. The minimum atomic E-state index is -0.0813. The summed E-state index contributed by atoms with van der Waals surface area (Å²) in [5.41, 5.74) is 3.46. The van der Waals surface area contributed by atoms with Gasteiger partial charge in [-0.15, -0.1) is 0 Å². The molecule has 0 saturated heterocycles. The first-order valence-electron chi connectivity index (χ1n) is 7.18. The Morgan fingerprint density at radius 1 is 1.33 bits per heavy atom. The van der Waals surface area contributed by atoms with E-state index in [1.807, 2.05) is 17.0 Å². The van der Waals surface area contributed by atoms with Crippen molar-refractivity contribution in [3.8, 4) is 0 Å². The summed E-state index contributed by atoms with van der Waals surface area (Å²) >= 11 is 0. The van der Waals surface area contributed by atoms with Gasteiger partial charge in [0, 0.05) is 19.3 Å². The number of carbonyl (C=O) groups excluding carboxylic acids is 1. The molecule has 110 valence electrons. The van der Waals surface area contributed by atoms with Crippen LogP contribution >= 0.6 is 0 Å². The van der Waals surface area contributed by atoms with Crippen molar-refractivity contribution in [1.82, 2.24) is 0 Å². The van der Waals surface area contributed by atoms with Gasteiger partial charge >= 0.3 is 0 Å². The number of hydrogen-bond acceptors (Lipinski definition) is 3. The van der Waals surface area contributed by atoms with Crippen LogP contribution in [0.4, 0.5) is 5.69 Å². The highest BCUT2D eigenvalue weighted by Crippen LogP contribution is 2.29. The van der Waals surface area contributed by atoms with E-state index in [1.165, 1.54) is 11.1 Å². The Hall–Kier alpha value is -2.07. The van der Waals surface area contributed by atoms with Crippen LogP contribution in [-0.4, -0.2) is 19.6 Å². The van der Waals surface area contributed by atoms with Crippen molar-refractivity contribution in [3.05, 3.63) is 53.0 Å². The first-order valence-corrected chi connectivity index (χ1v) is 7.18. The van der Waals surface area contributed by atoms with Crippen molar-refractivity contribution >= 4 is 11.6 Å². The van der Waals surface area contributed by atoms with Crippen molar-refractivity contribution in [2.75, 3.05) is 18.6 Å². The zero-order chi connectivity index (χ0) is 14.8. The number of aryl methyl sites for hydroxylation is 2. The molecule has 4 nitrogen and oxygen atoms in total. The van der Waals surface area contributed by atoms with Gasteiger partial charge in [0.2, 0.25) is 0 Å². The number of rotatable bonds is 3. The normalized spacial score (nSPS) is 14.1. The summed E-state index contributed by atoms with van der Waals surface area (Å²) in [4.78, 5) is 14.5. The van der Waals surface area contributed by atoms with Crippen LogP contribution in [-0.2, 0) is 17.8 Å². The number of methoxy groups -OCH3 is 1. The van der Waals surface area contributed by atoms with Crippen LogP contribution in [0.3, 0.4) is 0 Å². The first kappa shape index (κ1) is 13.9. The van der Waals surface area contributed by atoms with Gasteiger partial charge in [0.25, 0.3) is 5.91 Å². The molecule has 21 heavy (non-hydrogen) atoms. The smallest absolute Gasteiger partial charge is 0.293 e. The standard InChI is InChI=1S/C17H19NO3/c1-12-5-7-15-13(10-12)4-3-9-18(15)17(19)16-8-6-14(21-16)11-20-2/h5-8,10H,3-4,9,11H2,1-2H3. The molecule has 0 unspecified atom stereocenters. The van der Waals surface area contributed by atoms with Crippen LogP contribution in [0.1, 0.15) is 33.9 Å². The van der Waals surface area contributed by atoms with Crippen molar-refractivity contribution in [3.63, 3.8) is 0 Å². The monoisotopic (exact) mass is 285 g/mol. The number of ether oxygens (including phenoxy) is 1. The van der Waals surface area contributed by atoms with Crippen molar-refractivity contribution < 1.29 is 13.9 Å². The first-order chi connectivity index (χ1) is 10.2. The van der Waals surface area contributed by atoms with E-state index in [1.54, 1.807) is 19.2 Å². The molecular weight excluding hydrogens is 266 g/mol. The molecule has 0 aliphatic carbocycles. The molecule has 0 spiro atoms. The molecule has 4 heteroatoms. The zero-order valence-electron chi connectivity index (χ0n) is 12.4. The number of carbonyl (C=O) groups is 1. The molecule has 1 amide bonds. The third kappa shape index (κ3) is 2.72. The number of amides is 1.